The fraction of sp³-hybridized carbons (Fsp3) is 0. The van der Waals surface area contributed by atoms with E-state index >= 15 is 0 Å². The molecule has 0 radical (unpaired) electrons. The van der Waals surface area contributed by atoms with Gasteiger partial charge in [-0.15, -0.1) is 0 Å². The lowest BCUT2D eigenvalue weighted by molar-refractivity contribution is 1.06. The van der Waals surface area contributed by atoms with Crippen LogP contribution in [0.3, 0.4) is 0 Å². The molecule has 9 heteroatoms. The van der Waals surface area contributed by atoms with Crippen LogP contribution in [0.15, 0.2) is 224 Å². The number of hydrogen-bond donors (Lipinski definition) is 0. The third-order valence-corrected chi connectivity index (χ3v) is 12.6. The van der Waals surface area contributed by atoms with E-state index < -0.39 is 0 Å². The number of para-hydroxylation sites is 1. The van der Waals surface area contributed by atoms with E-state index in [0.29, 0.717) is 51.8 Å². The van der Waals surface area contributed by atoms with Crippen LogP contribution in [0.2, 0.25) is 0 Å². The first-order valence-corrected chi connectivity index (χ1v) is 23.0. The van der Waals surface area contributed by atoms with Gasteiger partial charge in [0, 0.05) is 44.2 Å². The maximum Gasteiger partial charge on any atom is 0.194 e. The fourth-order valence-electron chi connectivity index (χ4n) is 9.18. The summed E-state index contributed by atoms with van der Waals surface area (Å²) in [4.78, 5) is 34.9. The van der Waals surface area contributed by atoms with Crippen LogP contribution < -0.4 is 0 Å². The van der Waals surface area contributed by atoms with Crippen molar-refractivity contribution in [2.75, 3.05) is 0 Å². The molecule has 0 amide bonds. The zero-order valence-corrected chi connectivity index (χ0v) is 37.9. The Labute approximate surface area is 409 Å². The Balaban J connectivity index is 1.19. The molecule has 71 heavy (non-hydrogen) atoms. The molecule has 0 bridgehead atoms. The molecule has 0 saturated heterocycles. The van der Waals surface area contributed by atoms with Gasteiger partial charge in [-0.05, 0) is 58.7 Å². The molecule has 3 heterocycles. The number of benzene rings is 9. The second-order valence-electron chi connectivity index (χ2n) is 16.9. The summed E-state index contributed by atoms with van der Waals surface area (Å²) in [6.07, 6.45) is 0. The highest BCUT2D eigenvalue weighted by molar-refractivity contribution is 6.12. The molecule has 0 aliphatic carbocycles. The van der Waals surface area contributed by atoms with Gasteiger partial charge in [-0.1, -0.05) is 188 Å². The van der Waals surface area contributed by atoms with Gasteiger partial charge in [0.2, 0.25) is 0 Å². The van der Waals surface area contributed by atoms with E-state index in [1.165, 1.54) is 0 Å². The predicted molar refractivity (Wildman–Crippen MR) is 282 cm³/mol. The number of aromatic nitrogens is 7. The molecular formula is C62H37N9. The average molecular weight is 908 g/mol. The van der Waals surface area contributed by atoms with Crippen molar-refractivity contribution in [1.29, 1.82) is 5.26 Å². The number of nitriles is 1. The molecule has 12 aromatic rings. The number of hydrogen-bond acceptors (Lipinski definition) is 7. The maximum atomic E-state index is 10.3. The van der Waals surface area contributed by atoms with E-state index in [9.17, 15) is 5.26 Å². The third-order valence-electron chi connectivity index (χ3n) is 12.6. The summed E-state index contributed by atoms with van der Waals surface area (Å²) in [5.41, 5.74) is 12.0. The smallest absolute Gasteiger partial charge is 0.194 e. The van der Waals surface area contributed by atoms with Crippen molar-refractivity contribution < 1.29 is 0 Å². The highest BCUT2D eigenvalue weighted by atomic mass is 15.1. The fourth-order valence-corrected chi connectivity index (χ4v) is 9.18. The van der Waals surface area contributed by atoms with Crippen LogP contribution in [-0.4, -0.2) is 34.5 Å². The molecule has 12 rings (SSSR count). The van der Waals surface area contributed by atoms with Crippen molar-refractivity contribution >= 4 is 27.5 Å². The Kier molecular flexibility index (Phi) is 10.8. The van der Waals surface area contributed by atoms with E-state index in [0.717, 1.165) is 77.6 Å². The van der Waals surface area contributed by atoms with Crippen molar-refractivity contribution in [2.24, 2.45) is 0 Å². The summed E-state index contributed by atoms with van der Waals surface area (Å²) in [6, 6.07) is 76.4. The van der Waals surface area contributed by atoms with Gasteiger partial charge >= 0.3 is 0 Å². The van der Waals surface area contributed by atoms with Gasteiger partial charge < -0.3 is 4.57 Å². The summed E-state index contributed by atoms with van der Waals surface area (Å²) < 4.78 is 2.25. The van der Waals surface area contributed by atoms with Crippen LogP contribution in [0.5, 0.6) is 0 Å². The van der Waals surface area contributed by atoms with Crippen LogP contribution in [0.1, 0.15) is 5.56 Å². The van der Waals surface area contributed by atoms with Gasteiger partial charge in [0.25, 0.3) is 0 Å². The summed E-state index contributed by atoms with van der Waals surface area (Å²) in [5, 5.41) is 12.3. The van der Waals surface area contributed by atoms with Gasteiger partial charge in [-0.2, -0.15) is 5.26 Å². The molecule has 9 nitrogen and oxygen atoms in total. The average Bonchev–Trinajstić information content (AvgIpc) is 3.78. The molecule has 0 aliphatic heterocycles. The van der Waals surface area contributed by atoms with E-state index in [1.54, 1.807) is 0 Å². The normalized spacial score (nSPS) is 11.1. The first kappa shape index (κ1) is 42.2. The maximum absolute atomic E-state index is 10.3. The minimum Gasteiger partial charge on any atom is -0.308 e. The Morgan fingerprint density at radius 3 is 1.23 bits per heavy atom. The largest absolute Gasteiger partial charge is 0.308 e. The van der Waals surface area contributed by atoms with Crippen molar-refractivity contribution in [3.8, 4) is 102 Å². The van der Waals surface area contributed by atoms with Crippen molar-refractivity contribution in [3.05, 3.63) is 241 Å². The Morgan fingerprint density at radius 1 is 0.352 bits per heavy atom. The number of nitrogens with zero attached hydrogens (tertiary/aromatic N) is 9. The van der Waals surface area contributed by atoms with Crippen molar-refractivity contribution in [1.82, 2.24) is 34.5 Å². The minimum atomic E-state index is 0.436. The topological polar surface area (TPSA) is 110 Å². The van der Waals surface area contributed by atoms with Crippen LogP contribution in [0, 0.1) is 17.9 Å². The Bertz CT molecular complexity index is 3830. The first-order chi connectivity index (χ1) is 35.1. The summed E-state index contributed by atoms with van der Waals surface area (Å²) in [6.45, 7) is 8.06. The molecule has 0 fully saturated rings. The molecule has 330 valence electrons. The molecule has 0 unspecified atom stereocenters. The van der Waals surface area contributed by atoms with E-state index in [-0.39, 0.29) is 0 Å². The zero-order valence-electron chi connectivity index (χ0n) is 37.9. The molecule has 3 aromatic heterocycles. The molecule has 0 saturated carbocycles. The van der Waals surface area contributed by atoms with Crippen molar-refractivity contribution in [3.63, 3.8) is 0 Å². The highest BCUT2D eigenvalue weighted by Gasteiger charge is 2.23. The third kappa shape index (κ3) is 7.92. The second kappa shape index (κ2) is 18.1. The van der Waals surface area contributed by atoms with E-state index in [2.05, 4.69) is 64.0 Å². The van der Waals surface area contributed by atoms with Crippen molar-refractivity contribution in [2.45, 2.75) is 0 Å². The highest BCUT2D eigenvalue weighted by Crippen LogP contribution is 2.42. The lowest BCUT2D eigenvalue weighted by Crippen LogP contribution is -2.05. The summed E-state index contributed by atoms with van der Waals surface area (Å²) in [5.74, 6) is 3.02. The zero-order chi connectivity index (χ0) is 47.7. The van der Waals surface area contributed by atoms with Crippen LogP contribution in [-0.2, 0) is 0 Å². The summed E-state index contributed by atoms with van der Waals surface area (Å²) >= 11 is 0. The Hall–Kier alpha value is -10.2. The van der Waals surface area contributed by atoms with Gasteiger partial charge in [-0.3, -0.25) is 0 Å². The molecule has 0 aliphatic rings. The predicted octanol–water partition coefficient (Wildman–Crippen LogP) is 14.9. The lowest BCUT2D eigenvalue weighted by atomic mass is 9.98. The molecule has 0 atom stereocenters. The molecule has 9 aromatic carbocycles. The van der Waals surface area contributed by atoms with Crippen LogP contribution >= 0.6 is 0 Å². The molecule has 0 spiro atoms. The second-order valence-corrected chi connectivity index (χ2v) is 16.9. The standard InChI is InChI=1S/C62H37N9/c1-64-53-29-17-16-28-49(53)45-31-34-51-50-33-30-44(48-27-15-14-26-47(48)39-63)37-55(50)71(56(51)38-45)54-35-32-46(61-67-57(40-18-6-2-7-19-40)65-58(68-61)41-20-8-3-9-21-41)36-52(54)62-69-59(42-22-10-4-11-23-42)66-60(70-62)43-24-12-5-13-25-43/h2-38H. The Morgan fingerprint density at radius 2 is 0.746 bits per heavy atom. The van der Waals surface area contributed by atoms with E-state index in [4.69, 9.17) is 36.5 Å². The number of fused-ring (bicyclic) bond motifs is 3. The minimum absolute atomic E-state index is 0.436. The monoisotopic (exact) mass is 907 g/mol. The first-order valence-electron chi connectivity index (χ1n) is 23.0. The van der Waals surface area contributed by atoms with E-state index in [1.807, 2.05) is 176 Å². The summed E-state index contributed by atoms with van der Waals surface area (Å²) in [7, 11) is 0. The lowest BCUT2D eigenvalue weighted by Gasteiger charge is -2.17. The van der Waals surface area contributed by atoms with Gasteiger partial charge in [0.15, 0.2) is 40.6 Å². The molecule has 0 N–H and O–H groups in total. The molecular weight excluding hydrogens is 871 g/mol. The van der Waals surface area contributed by atoms with Gasteiger partial charge in [0.1, 0.15) is 0 Å². The van der Waals surface area contributed by atoms with Crippen LogP contribution in [0.25, 0.3) is 123 Å². The van der Waals surface area contributed by atoms with Crippen LogP contribution in [0.4, 0.5) is 5.69 Å². The van der Waals surface area contributed by atoms with Gasteiger partial charge in [0.05, 0.1) is 34.9 Å². The van der Waals surface area contributed by atoms with Gasteiger partial charge in [-0.25, -0.2) is 34.7 Å². The SMILES string of the molecule is [C-]#[N+]c1ccccc1-c1ccc2c3ccc(-c4ccccc4C#N)cc3n(-c3ccc(-c4nc(-c5ccccc5)nc(-c5ccccc5)n4)cc3-c3nc(-c4ccccc4)nc(-c4ccccc4)n3)c2c1. The quantitative estimate of drug-likeness (QED) is 0.133. The number of rotatable bonds is 9.